The molecule has 0 saturated carbocycles. The maximum Gasteiger partial charge on any atom is 0.132 e. The van der Waals surface area contributed by atoms with Crippen molar-refractivity contribution >= 4 is 34.1 Å². The van der Waals surface area contributed by atoms with E-state index in [0.29, 0.717) is 0 Å². The molecule has 3 nitrogen and oxygen atoms in total. The molecule has 1 spiro atoms. The lowest BCUT2D eigenvalue weighted by atomic mass is 9.64. The molecule has 2 aliphatic heterocycles. The van der Waals surface area contributed by atoms with Gasteiger partial charge < -0.3 is 14.7 Å². The fourth-order valence-corrected chi connectivity index (χ4v) is 8.78. The number of benzene rings is 7. The minimum Gasteiger partial charge on any atom is -0.348 e. The molecule has 1 atom stereocenters. The predicted molar refractivity (Wildman–Crippen MR) is 198 cm³/mol. The van der Waals surface area contributed by atoms with Crippen LogP contribution in [0.15, 0.2) is 176 Å². The zero-order valence-corrected chi connectivity index (χ0v) is 26.7. The Morgan fingerprint density at radius 2 is 0.917 bits per heavy atom. The highest BCUT2D eigenvalue weighted by atomic mass is 15.4. The van der Waals surface area contributed by atoms with E-state index >= 15 is 0 Å². The molecule has 7 aromatic rings. The topological polar surface area (TPSA) is 9.72 Å². The first-order valence-corrected chi connectivity index (χ1v) is 16.7. The van der Waals surface area contributed by atoms with Gasteiger partial charge in [0.25, 0.3) is 0 Å². The van der Waals surface area contributed by atoms with Crippen molar-refractivity contribution in [3.05, 3.63) is 204 Å². The second-order valence-electron chi connectivity index (χ2n) is 13.0. The lowest BCUT2D eigenvalue weighted by Gasteiger charge is -2.44. The molecule has 228 valence electrons. The Balaban J connectivity index is 1.15. The van der Waals surface area contributed by atoms with E-state index in [1.807, 2.05) is 0 Å². The van der Waals surface area contributed by atoms with E-state index in [4.69, 9.17) is 0 Å². The lowest BCUT2D eigenvalue weighted by Crippen LogP contribution is -2.38. The summed E-state index contributed by atoms with van der Waals surface area (Å²) in [7, 11) is 2.25. The summed E-state index contributed by atoms with van der Waals surface area (Å²) in [6.07, 6.45) is 0.00231. The number of rotatable bonds is 4. The summed E-state index contributed by atoms with van der Waals surface area (Å²) in [5, 5.41) is 0. The van der Waals surface area contributed by atoms with Gasteiger partial charge in [-0.25, -0.2) is 0 Å². The number of nitrogens with zero attached hydrogens (tertiary/aromatic N) is 3. The minimum absolute atomic E-state index is 0.00231. The Morgan fingerprint density at radius 3 is 1.54 bits per heavy atom. The Hall–Kier alpha value is -6.06. The van der Waals surface area contributed by atoms with Crippen molar-refractivity contribution < 1.29 is 0 Å². The largest absolute Gasteiger partial charge is 0.348 e. The SMILES string of the molecule is CN1c2cccc3c2N(c2ccccc2C32c3ccccc3-c3ccccc32)C1c1ccc(N(c2ccccc2)c2ccccc2)cc1. The van der Waals surface area contributed by atoms with Crippen molar-refractivity contribution in [2.24, 2.45) is 0 Å². The van der Waals surface area contributed by atoms with E-state index < -0.39 is 5.41 Å². The van der Waals surface area contributed by atoms with Crippen molar-refractivity contribution in [1.82, 2.24) is 0 Å². The van der Waals surface area contributed by atoms with Crippen molar-refractivity contribution in [3.63, 3.8) is 0 Å². The summed E-state index contributed by atoms with van der Waals surface area (Å²) < 4.78 is 0. The van der Waals surface area contributed by atoms with Crippen LogP contribution in [0.1, 0.15) is 34.0 Å². The first-order valence-electron chi connectivity index (χ1n) is 16.7. The maximum absolute atomic E-state index is 2.59. The summed E-state index contributed by atoms with van der Waals surface area (Å²) in [5.74, 6) is 0. The average molecular weight is 616 g/mol. The van der Waals surface area contributed by atoms with Gasteiger partial charge in [0, 0.05) is 29.8 Å². The standard InChI is InChI=1S/C45H33N3/c1-46-42-26-14-24-40-43(42)48(41-25-13-12-23-39(41)45(40)37-21-10-8-19-35(37)36-20-9-11-22-38(36)45)44(46)31-27-29-34(30-28-31)47(32-15-4-2-5-16-32)33-17-6-3-7-18-33/h2-30,44H,1H3. The van der Waals surface area contributed by atoms with Crippen LogP contribution >= 0.6 is 0 Å². The van der Waals surface area contributed by atoms with Gasteiger partial charge in [-0.2, -0.15) is 0 Å². The van der Waals surface area contributed by atoms with Crippen LogP contribution in [-0.4, -0.2) is 7.05 Å². The van der Waals surface area contributed by atoms with E-state index in [1.54, 1.807) is 0 Å². The van der Waals surface area contributed by atoms with Gasteiger partial charge in [-0.3, -0.25) is 0 Å². The summed E-state index contributed by atoms with van der Waals surface area (Å²) in [6.45, 7) is 0. The molecule has 0 fully saturated rings. The molecule has 0 N–H and O–H groups in total. The molecular formula is C45H33N3. The first kappa shape index (κ1) is 27.1. The van der Waals surface area contributed by atoms with Crippen molar-refractivity contribution in [2.75, 3.05) is 21.7 Å². The Kier molecular flexibility index (Phi) is 5.77. The smallest absolute Gasteiger partial charge is 0.132 e. The van der Waals surface area contributed by atoms with Crippen LogP contribution in [0.3, 0.4) is 0 Å². The molecule has 10 rings (SSSR count). The van der Waals surface area contributed by atoms with Crippen LogP contribution in [0.25, 0.3) is 11.1 Å². The molecule has 2 heterocycles. The van der Waals surface area contributed by atoms with Crippen molar-refractivity contribution in [1.29, 1.82) is 0 Å². The normalized spacial score (nSPS) is 15.9. The molecular weight excluding hydrogens is 583 g/mol. The van der Waals surface area contributed by atoms with E-state index in [0.717, 1.165) is 17.1 Å². The summed E-state index contributed by atoms with van der Waals surface area (Å²) in [6, 6.07) is 64.5. The van der Waals surface area contributed by atoms with Gasteiger partial charge in [-0.05, 0) is 87.5 Å². The number of fused-ring (bicyclic) bond motifs is 9. The second-order valence-corrected chi connectivity index (χ2v) is 13.0. The first-order chi connectivity index (χ1) is 23.8. The minimum atomic E-state index is -0.392. The third-order valence-electron chi connectivity index (χ3n) is 10.6. The second kappa shape index (κ2) is 10.2. The van der Waals surface area contributed by atoms with Crippen LogP contribution < -0.4 is 14.7 Å². The molecule has 0 bridgehead atoms. The van der Waals surface area contributed by atoms with Crippen molar-refractivity contribution in [2.45, 2.75) is 11.6 Å². The van der Waals surface area contributed by atoms with Crippen LogP contribution in [0.5, 0.6) is 0 Å². The summed E-state index contributed by atoms with van der Waals surface area (Å²) in [5.41, 5.74) is 16.2. The highest BCUT2D eigenvalue weighted by Crippen LogP contribution is 2.66. The molecule has 0 saturated heterocycles. The average Bonchev–Trinajstić information content (AvgIpc) is 3.62. The molecule has 3 aliphatic rings. The van der Waals surface area contributed by atoms with Crippen molar-refractivity contribution in [3.8, 4) is 11.1 Å². The van der Waals surface area contributed by atoms with Crippen LogP contribution in [0, 0.1) is 0 Å². The van der Waals surface area contributed by atoms with Gasteiger partial charge in [0.05, 0.1) is 16.8 Å². The van der Waals surface area contributed by atoms with Crippen LogP contribution in [0.4, 0.5) is 34.1 Å². The molecule has 7 aromatic carbocycles. The van der Waals surface area contributed by atoms with Gasteiger partial charge in [0.1, 0.15) is 6.17 Å². The quantitative estimate of drug-likeness (QED) is 0.195. The summed E-state index contributed by atoms with van der Waals surface area (Å²) >= 11 is 0. The predicted octanol–water partition coefficient (Wildman–Crippen LogP) is 11.1. The molecule has 1 unspecified atom stereocenters. The van der Waals surface area contributed by atoms with Gasteiger partial charge in [0.15, 0.2) is 0 Å². The summed E-state index contributed by atoms with van der Waals surface area (Å²) in [4.78, 5) is 7.38. The fourth-order valence-electron chi connectivity index (χ4n) is 8.78. The Labute approximate surface area is 281 Å². The number of anilines is 6. The Morgan fingerprint density at radius 1 is 0.438 bits per heavy atom. The molecule has 0 aromatic heterocycles. The zero-order valence-electron chi connectivity index (χ0n) is 26.7. The van der Waals surface area contributed by atoms with E-state index in [9.17, 15) is 0 Å². The van der Waals surface area contributed by atoms with Crippen LogP contribution in [0.2, 0.25) is 0 Å². The van der Waals surface area contributed by atoms with E-state index in [2.05, 4.69) is 198 Å². The molecule has 3 heteroatoms. The van der Waals surface area contributed by atoms with Gasteiger partial charge >= 0.3 is 0 Å². The van der Waals surface area contributed by atoms with E-state index in [1.165, 1.54) is 56.0 Å². The third-order valence-corrected chi connectivity index (χ3v) is 10.6. The maximum atomic E-state index is 2.59. The van der Waals surface area contributed by atoms with Crippen LogP contribution in [-0.2, 0) is 5.41 Å². The number of para-hydroxylation sites is 4. The monoisotopic (exact) mass is 615 g/mol. The Bertz CT molecular complexity index is 2240. The lowest BCUT2D eigenvalue weighted by molar-refractivity contribution is 0.682. The fraction of sp³-hybridized carbons (Fsp3) is 0.0667. The van der Waals surface area contributed by atoms with Gasteiger partial charge in [0.2, 0.25) is 0 Å². The molecule has 1 aliphatic carbocycles. The highest BCUT2D eigenvalue weighted by Gasteiger charge is 2.54. The van der Waals surface area contributed by atoms with Gasteiger partial charge in [-0.15, -0.1) is 0 Å². The zero-order chi connectivity index (χ0) is 31.8. The number of hydrogen-bond donors (Lipinski definition) is 0. The number of hydrogen-bond acceptors (Lipinski definition) is 3. The van der Waals surface area contributed by atoms with Gasteiger partial charge in [-0.1, -0.05) is 127 Å². The molecule has 0 radical (unpaired) electrons. The molecule has 48 heavy (non-hydrogen) atoms. The highest BCUT2D eigenvalue weighted by molar-refractivity contribution is 5.98. The third kappa shape index (κ3) is 3.53. The molecule has 0 amide bonds. The van der Waals surface area contributed by atoms with E-state index in [-0.39, 0.29) is 6.17 Å².